The molecule has 2 aromatic carbocycles. The zero-order chi connectivity index (χ0) is 21.7. The van der Waals surface area contributed by atoms with Gasteiger partial charge in [-0.25, -0.2) is 0 Å². The number of nitrogens with one attached hydrogen (secondary N) is 1. The van der Waals surface area contributed by atoms with Crippen molar-refractivity contribution in [3.05, 3.63) is 59.7 Å². The molecule has 5 heteroatoms. The number of amides is 2. The van der Waals surface area contributed by atoms with Crippen molar-refractivity contribution in [1.29, 1.82) is 0 Å². The van der Waals surface area contributed by atoms with Gasteiger partial charge in [-0.3, -0.25) is 9.59 Å². The average Bonchev–Trinajstić information content (AvgIpc) is 2.67. The SMILES string of the molecule is Cc1cccc(CC(=O)N2CCN(c3ccc(NC(=O)CC(C)(C)C)cc3)CC2)c1. The maximum atomic E-state index is 12.6. The van der Waals surface area contributed by atoms with Gasteiger partial charge in [0, 0.05) is 44.0 Å². The number of nitrogens with zero attached hydrogens (tertiary/aromatic N) is 2. The zero-order valence-corrected chi connectivity index (χ0v) is 18.6. The molecule has 1 saturated heterocycles. The predicted molar refractivity (Wildman–Crippen MR) is 123 cm³/mol. The molecule has 0 aromatic heterocycles. The van der Waals surface area contributed by atoms with Gasteiger partial charge in [0.15, 0.2) is 0 Å². The number of carbonyl (C=O) groups excluding carboxylic acids is 2. The number of anilines is 2. The molecular formula is C25H33N3O2. The maximum absolute atomic E-state index is 12.6. The summed E-state index contributed by atoms with van der Waals surface area (Å²) >= 11 is 0. The minimum atomic E-state index is -0.0273. The van der Waals surface area contributed by atoms with E-state index in [2.05, 4.69) is 37.1 Å². The molecule has 0 radical (unpaired) electrons. The van der Waals surface area contributed by atoms with Crippen LogP contribution < -0.4 is 10.2 Å². The summed E-state index contributed by atoms with van der Waals surface area (Å²) in [6.45, 7) is 11.3. The number of hydrogen-bond acceptors (Lipinski definition) is 3. The Kier molecular flexibility index (Phi) is 6.80. The van der Waals surface area contributed by atoms with E-state index in [1.807, 2.05) is 54.3 Å². The first-order chi connectivity index (χ1) is 14.2. The van der Waals surface area contributed by atoms with E-state index in [9.17, 15) is 9.59 Å². The summed E-state index contributed by atoms with van der Waals surface area (Å²) in [5, 5.41) is 2.97. The topological polar surface area (TPSA) is 52.7 Å². The Morgan fingerprint density at radius 1 is 0.967 bits per heavy atom. The van der Waals surface area contributed by atoms with Gasteiger partial charge in [0.25, 0.3) is 0 Å². The van der Waals surface area contributed by atoms with Gasteiger partial charge in [-0.1, -0.05) is 50.6 Å². The van der Waals surface area contributed by atoms with Gasteiger partial charge in [-0.2, -0.15) is 0 Å². The Labute approximate surface area is 180 Å². The highest BCUT2D eigenvalue weighted by molar-refractivity contribution is 5.91. The average molecular weight is 408 g/mol. The second kappa shape index (κ2) is 9.33. The van der Waals surface area contributed by atoms with Crippen LogP contribution in [0, 0.1) is 12.3 Å². The van der Waals surface area contributed by atoms with Crippen LogP contribution in [0.15, 0.2) is 48.5 Å². The second-order valence-corrected chi connectivity index (χ2v) is 9.37. The highest BCUT2D eigenvalue weighted by Gasteiger charge is 2.21. The summed E-state index contributed by atoms with van der Waals surface area (Å²) in [5.41, 5.74) is 4.17. The van der Waals surface area contributed by atoms with Crippen LogP contribution in [0.2, 0.25) is 0 Å². The maximum Gasteiger partial charge on any atom is 0.227 e. The predicted octanol–water partition coefficient (Wildman–Crippen LogP) is 4.26. The molecule has 0 aliphatic carbocycles. The zero-order valence-electron chi connectivity index (χ0n) is 18.6. The van der Waals surface area contributed by atoms with Crippen LogP contribution >= 0.6 is 0 Å². The smallest absolute Gasteiger partial charge is 0.227 e. The molecule has 30 heavy (non-hydrogen) atoms. The van der Waals surface area contributed by atoms with Gasteiger partial charge >= 0.3 is 0 Å². The molecule has 1 heterocycles. The first-order valence-corrected chi connectivity index (χ1v) is 10.7. The quantitative estimate of drug-likeness (QED) is 0.806. The van der Waals surface area contributed by atoms with E-state index in [0.717, 1.165) is 43.1 Å². The minimum Gasteiger partial charge on any atom is -0.368 e. The van der Waals surface area contributed by atoms with Crippen LogP contribution in [0.4, 0.5) is 11.4 Å². The first kappa shape index (κ1) is 21.9. The molecule has 3 rings (SSSR count). The lowest BCUT2D eigenvalue weighted by molar-refractivity contribution is -0.130. The van der Waals surface area contributed by atoms with Gasteiger partial charge in [0.1, 0.15) is 0 Å². The Hall–Kier alpha value is -2.82. The second-order valence-electron chi connectivity index (χ2n) is 9.37. The summed E-state index contributed by atoms with van der Waals surface area (Å²) in [6, 6.07) is 16.1. The van der Waals surface area contributed by atoms with E-state index >= 15 is 0 Å². The molecule has 2 aromatic rings. The number of carbonyl (C=O) groups is 2. The fourth-order valence-corrected chi connectivity index (χ4v) is 3.77. The molecular weight excluding hydrogens is 374 g/mol. The molecule has 160 valence electrons. The van der Waals surface area contributed by atoms with E-state index in [0.29, 0.717) is 12.8 Å². The van der Waals surface area contributed by atoms with Crippen molar-refractivity contribution in [2.24, 2.45) is 5.41 Å². The molecule has 2 amide bonds. The summed E-state index contributed by atoms with van der Waals surface area (Å²) in [5.74, 6) is 0.230. The van der Waals surface area contributed by atoms with E-state index in [4.69, 9.17) is 0 Å². The molecule has 0 unspecified atom stereocenters. The summed E-state index contributed by atoms with van der Waals surface area (Å²) in [6.07, 6.45) is 0.956. The monoisotopic (exact) mass is 407 g/mol. The molecule has 0 saturated carbocycles. The lowest BCUT2D eigenvalue weighted by Gasteiger charge is -2.36. The Morgan fingerprint density at radius 2 is 1.63 bits per heavy atom. The Morgan fingerprint density at radius 3 is 2.23 bits per heavy atom. The lowest BCUT2D eigenvalue weighted by Crippen LogP contribution is -2.49. The third kappa shape index (κ3) is 6.34. The fourth-order valence-electron chi connectivity index (χ4n) is 3.77. The number of aryl methyl sites for hydroxylation is 1. The van der Waals surface area contributed by atoms with Gasteiger partial charge in [-0.05, 0) is 42.2 Å². The van der Waals surface area contributed by atoms with Crippen LogP contribution in [-0.4, -0.2) is 42.9 Å². The third-order valence-corrected chi connectivity index (χ3v) is 5.28. The fraction of sp³-hybridized carbons (Fsp3) is 0.440. The van der Waals surface area contributed by atoms with Crippen LogP contribution in [0.3, 0.4) is 0 Å². The van der Waals surface area contributed by atoms with E-state index in [1.165, 1.54) is 5.56 Å². The number of piperazine rings is 1. The third-order valence-electron chi connectivity index (χ3n) is 5.28. The van der Waals surface area contributed by atoms with Crippen molar-refractivity contribution in [2.75, 3.05) is 36.4 Å². The summed E-state index contributed by atoms with van der Waals surface area (Å²) in [7, 11) is 0. The van der Waals surface area contributed by atoms with Crippen LogP contribution in [0.25, 0.3) is 0 Å². The minimum absolute atomic E-state index is 0.0273. The van der Waals surface area contributed by atoms with Crippen LogP contribution in [-0.2, 0) is 16.0 Å². The van der Waals surface area contributed by atoms with Gasteiger partial charge < -0.3 is 15.1 Å². The Bertz CT molecular complexity index is 876. The molecule has 1 aliphatic heterocycles. The van der Waals surface area contributed by atoms with Crippen molar-refractivity contribution in [2.45, 2.75) is 40.5 Å². The number of hydrogen-bond donors (Lipinski definition) is 1. The molecule has 1 fully saturated rings. The number of benzene rings is 2. The normalized spacial score (nSPS) is 14.5. The van der Waals surface area contributed by atoms with Crippen molar-refractivity contribution >= 4 is 23.2 Å². The van der Waals surface area contributed by atoms with Gasteiger partial charge in [0.05, 0.1) is 6.42 Å². The highest BCUT2D eigenvalue weighted by atomic mass is 16.2. The summed E-state index contributed by atoms with van der Waals surface area (Å²) in [4.78, 5) is 29.0. The van der Waals surface area contributed by atoms with Gasteiger partial charge in [0.2, 0.25) is 11.8 Å². The summed E-state index contributed by atoms with van der Waals surface area (Å²) < 4.78 is 0. The van der Waals surface area contributed by atoms with Crippen molar-refractivity contribution in [3.63, 3.8) is 0 Å². The highest BCUT2D eigenvalue weighted by Crippen LogP contribution is 2.22. The molecule has 5 nitrogen and oxygen atoms in total. The van der Waals surface area contributed by atoms with E-state index < -0.39 is 0 Å². The molecule has 1 aliphatic rings. The molecule has 0 atom stereocenters. The van der Waals surface area contributed by atoms with Crippen molar-refractivity contribution in [1.82, 2.24) is 4.90 Å². The first-order valence-electron chi connectivity index (χ1n) is 10.7. The van der Waals surface area contributed by atoms with Crippen molar-refractivity contribution in [3.8, 4) is 0 Å². The number of rotatable bonds is 5. The standard InChI is InChI=1S/C25H33N3O2/c1-19-6-5-7-20(16-19)17-24(30)28-14-12-27(13-15-28)22-10-8-21(9-11-22)26-23(29)18-25(2,3)4/h5-11,16H,12-15,17-18H2,1-4H3,(H,26,29). The van der Waals surface area contributed by atoms with Crippen LogP contribution in [0.1, 0.15) is 38.3 Å². The van der Waals surface area contributed by atoms with Gasteiger partial charge in [-0.15, -0.1) is 0 Å². The molecule has 0 spiro atoms. The lowest BCUT2D eigenvalue weighted by atomic mass is 9.92. The van der Waals surface area contributed by atoms with Crippen LogP contribution in [0.5, 0.6) is 0 Å². The van der Waals surface area contributed by atoms with Crippen molar-refractivity contribution < 1.29 is 9.59 Å². The molecule has 0 bridgehead atoms. The van der Waals surface area contributed by atoms with E-state index in [-0.39, 0.29) is 17.2 Å². The van der Waals surface area contributed by atoms with E-state index in [1.54, 1.807) is 0 Å². The molecule has 1 N–H and O–H groups in total. The largest absolute Gasteiger partial charge is 0.368 e. The Balaban J connectivity index is 1.50.